The van der Waals surface area contributed by atoms with E-state index in [1.54, 1.807) is 0 Å². The Morgan fingerprint density at radius 3 is 1.78 bits per heavy atom. The molecule has 1 N–H and O–H groups in total. The van der Waals surface area contributed by atoms with Crippen LogP contribution in [-0.4, -0.2) is 87.1 Å². The summed E-state index contributed by atoms with van der Waals surface area (Å²) in [5.41, 5.74) is 0. The van der Waals surface area contributed by atoms with E-state index in [1.165, 1.54) is 83.5 Å². The van der Waals surface area contributed by atoms with Gasteiger partial charge in [0.1, 0.15) is 19.8 Å². The van der Waals surface area contributed by atoms with E-state index in [0.717, 1.165) is 44.9 Å². The van der Waals surface area contributed by atoms with Crippen molar-refractivity contribution in [1.82, 2.24) is 0 Å². The lowest BCUT2D eigenvalue weighted by Crippen LogP contribution is -2.37. The van der Waals surface area contributed by atoms with Gasteiger partial charge >= 0.3 is 19.8 Å². The number of phosphoric ester groups is 1. The fourth-order valence-corrected chi connectivity index (χ4v) is 6.73. The number of ether oxygens (including phenoxy) is 3. The van der Waals surface area contributed by atoms with Crippen molar-refractivity contribution >= 4 is 19.8 Å². The van der Waals surface area contributed by atoms with Crippen LogP contribution >= 0.6 is 7.82 Å². The molecule has 4 atom stereocenters. The van der Waals surface area contributed by atoms with Gasteiger partial charge in [-0.3, -0.25) is 18.6 Å². The predicted octanol–water partition coefficient (Wildman–Crippen LogP) is 11.1. The van der Waals surface area contributed by atoms with Crippen LogP contribution in [0.5, 0.6) is 0 Å². The van der Waals surface area contributed by atoms with Crippen molar-refractivity contribution < 1.29 is 46.8 Å². The smallest absolute Gasteiger partial charge is 0.462 e. The minimum absolute atomic E-state index is 0.0195. The third kappa shape index (κ3) is 34.0. The van der Waals surface area contributed by atoms with Crippen molar-refractivity contribution in [2.45, 2.75) is 186 Å². The summed E-state index contributed by atoms with van der Waals surface area (Å²) in [6.45, 7) is 4.31. The van der Waals surface area contributed by atoms with Crippen LogP contribution in [0.25, 0.3) is 0 Å². The number of esters is 2. The van der Waals surface area contributed by atoms with Crippen molar-refractivity contribution in [3.8, 4) is 0 Å². The number of carbonyl (C=O) groups excluding carboxylic acids is 2. The molecule has 1 heterocycles. The predicted molar refractivity (Wildman–Crippen MR) is 224 cm³/mol. The average Bonchev–Trinajstić information content (AvgIpc) is 3.89. The number of unbranched alkanes of at least 4 members (excludes halogenated alkanes) is 16. The highest BCUT2D eigenvalue weighted by molar-refractivity contribution is 7.47. The normalized spacial score (nSPS) is 17.6. The fourth-order valence-electron chi connectivity index (χ4n) is 5.99. The number of quaternary nitrogens is 1. The van der Waals surface area contributed by atoms with Gasteiger partial charge in [0.25, 0.3) is 0 Å². The summed E-state index contributed by atoms with van der Waals surface area (Å²) in [7, 11) is 1.43. The zero-order chi connectivity index (χ0) is 40.5. The lowest BCUT2D eigenvalue weighted by molar-refractivity contribution is -0.870. The van der Waals surface area contributed by atoms with Gasteiger partial charge in [0.05, 0.1) is 40.0 Å². The molecule has 10 nitrogen and oxygen atoms in total. The molecule has 1 fully saturated rings. The molecule has 0 aromatic heterocycles. The maximum atomic E-state index is 12.7. The summed E-state index contributed by atoms with van der Waals surface area (Å²) in [5, 5.41) is 0. The van der Waals surface area contributed by atoms with Crippen LogP contribution in [0.15, 0.2) is 36.5 Å². The van der Waals surface area contributed by atoms with Crippen LogP contribution in [0.3, 0.4) is 0 Å². The molecule has 1 aliphatic rings. The van der Waals surface area contributed by atoms with Crippen LogP contribution in [-0.2, 0) is 37.4 Å². The highest BCUT2D eigenvalue weighted by atomic mass is 31.2. The molecule has 0 spiro atoms. The number of carbonyl (C=O) groups is 2. The summed E-state index contributed by atoms with van der Waals surface area (Å²) >= 11 is 0. The second-order valence-electron chi connectivity index (χ2n) is 16.1. The largest absolute Gasteiger partial charge is 0.472 e. The molecule has 1 saturated heterocycles. The number of hydrogen-bond acceptors (Lipinski definition) is 8. The van der Waals surface area contributed by atoms with Gasteiger partial charge in [-0.25, -0.2) is 4.57 Å². The zero-order valence-corrected chi connectivity index (χ0v) is 36.5. The Bertz CT molecular complexity index is 1100. The number of epoxide rings is 1. The monoisotopic (exact) mass is 799 g/mol. The molecule has 55 heavy (non-hydrogen) atoms. The van der Waals surface area contributed by atoms with Crippen molar-refractivity contribution in [2.24, 2.45) is 0 Å². The highest BCUT2D eigenvalue weighted by Crippen LogP contribution is 2.43. The summed E-state index contributed by atoms with van der Waals surface area (Å²) in [6, 6.07) is 0. The van der Waals surface area contributed by atoms with E-state index in [0.29, 0.717) is 36.1 Å². The highest BCUT2D eigenvalue weighted by Gasteiger charge is 2.36. The molecule has 4 unspecified atom stereocenters. The summed E-state index contributed by atoms with van der Waals surface area (Å²) in [4.78, 5) is 35.3. The maximum Gasteiger partial charge on any atom is 0.472 e. The number of hydrogen-bond donors (Lipinski definition) is 1. The van der Waals surface area contributed by atoms with Gasteiger partial charge in [-0.2, -0.15) is 0 Å². The van der Waals surface area contributed by atoms with Gasteiger partial charge in [-0.05, 0) is 51.4 Å². The van der Waals surface area contributed by atoms with Gasteiger partial charge in [0.2, 0.25) is 0 Å². The van der Waals surface area contributed by atoms with Gasteiger partial charge in [-0.15, -0.1) is 0 Å². The molecule has 320 valence electrons. The van der Waals surface area contributed by atoms with E-state index in [-0.39, 0.29) is 32.0 Å². The minimum atomic E-state index is -4.39. The second-order valence-corrected chi connectivity index (χ2v) is 17.6. The first-order chi connectivity index (χ1) is 26.5. The van der Waals surface area contributed by atoms with Gasteiger partial charge in [0.15, 0.2) is 6.10 Å². The first-order valence-electron chi connectivity index (χ1n) is 21.8. The average molecular weight is 799 g/mol. The maximum absolute atomic E-state index is 12.7. The van der Waals surface area contributed by atoms with E-state index < -0.39 is 26.5 Å². The fraction of sp³-hybridized carbons (Fsp3) is 0.818. The van der Waals surface area contributed by atoms with Gasteiger partial charge in [0, 0.05) is 12.8 Å². The first-order valence-corrected chi connectivity index (χ1v) is 23.3. The molecule has 0 aromatic carbocycles. The Balaban J connectivity index is 2.33. The number of nitrogens with zero attached hydrogens (tertiary/aromatic N) is 1. The van der Waals surface area contributed by atoms with Crippen LogP contribution in [0.4, 0.5) is 0 Å². The molecule has 1 aliphatic heterocycles. The molecule has 1 rings (SSSR count). The molecular weight excluding hydrogens is 717 g/mol. The molecule has 0 radical (unpaired) electrons. The van der Waals surface area contributed by atoms with Crippen LogP contribution in [0.1, 0.15) is 168 Å². The van der Waals surface area contributed by atoms with Crippen LogP contribution in [0, 0.1) is 0 Å². The molecule has 0 aliphatic carbocycles. The van der Waals surface area contributed by atoms with E-state index in [9.17, 15) is 19.0 Å². The summed E-state index contributed by atoms with van der Waals surface area (Å²) < 4.78 is 40.0. The zero-order valence-electron chi connectivity index (χ0n) is 35.6. The van der Waals surface area contributed by atoms with Crippen LogP contribution in [0.2, 0.25) is 0 Å². The molecule has 0 saturated carbocycles. The minimum Gasteiger partial charge on any atom is -0.462 e. The standard InChI is InChI=1S/C44H80NO9P/c1-6-8-10-12-14-15-16-17-18-19-22-26-30-34-43(46)50-38-40(39-52-55(48,49)51-37-36-45(3,4)5)53-44(47)35-31-27-23-20-21-25-29-33-42-41(54-42)32-28-24-13-11-9-7-2/h20,23-25,28-29,40-42H,6-19,21-22,26-27,30-39H2,1-5H3/p+1/b23-20-,28-24+,29-25-. The topological polar surface area (TPSA) is 121 Å². The Labute approximate surface area is 336 Å². The second kappa shape index (κ2) is 33.2. The molecular formula is C44H81NO9P+. The Kier molecular flexibility index (Phi) is 30.9. The van der Waals surface area contributed by atoms with E-state index in [2.05, 4.69) is 44.2 Å². The SMILES string of the molecule is CCCCC/C=C/CC1OC1C/C=C\C/C=C\CCCC(=O)OC(COC(=O)CCCCCCCCCCCCCCC)COP(=O)(O)OCC[N+](C)(C)C. The Hall–Kier alpha value is -1.81. The molecule has 0 aromatic rings. The molecule has 0 amide bonds. The lowest BCUT2D eigenvalue weighted by Gasteiger charge is -2.24. The third-order valence-corrected chi connectivity index (χ3v) is 10.6. The number of rotatable bonds is 38. The first kappa shape index (κ1) is 51.2. The quantitative estimate of drug-likeness (QED) is 0.0162. The van der Waals surface area contributed by atoms with Crippen molar-refractivity contribution in [3.05, 3.63) is 36.5 Å². The third-order valence-electron chi connectivity index (χ3n) is 9.58. The lowest BCUT2D eigenvalue weighted by atomic mass is 10.0. The number of phosphoric acid groups is 1. The number of likely N-dealkylation sites (N-methyl/N-ethyl adjacent to an activating group) is 1. The van der Waals surface area contributed by atoms with Crippen molar-refractivity contribution in [3.63, 3.8) is 0 Å². The summed E-state index contributed by atoms with van der Waals surface area (Å²) in [5.74, 6) is -0.868. The van der Waals surface area contributed by atoms with Gasteiger partial charge < -0.3 is 23.6 Å². The van der Waals surface area contributed by atoms with Crippen molar-refractivity contribution in [1.29, 1.82) is 0 Å². The van der Waals surface area contributed by atoms with E-state index >= 15 is 0 Å². The Morgan fingerprint density at radius 2 is 1.16 bits per heavy atom. The molecule has 0 bridgehead atoms. The Morgan fingerprint density at radius 1 is 0.655 bits per heavy atom. The van der Waals surface area contributed by atoms with E-state index in [4.69, 9.17) is 23.3 Å². The summed E-state index contributed by atoms with van der Waals surface area (Å²) in [6.07, 6.45) is 37.9. The van der Waals surface area contributed by atoms with Crippen molar-refractivity contribution in [2.75, 3.05) is 47.5 Å². The van der Waals surface area contributed by atoms with E-state index in [1.807, 2.05) is 27.2 Å². The van der Waals surface area contributed by atoms with Crippen LogP contribution < -0.4 is 0 Å². The number of allylic oxidation sites excluding steroid dienone is 4. The van der Waals surface area contributed by atoms with Gasteiger partial charge in [-0.1, -0.05) is 140 Å². The molecule has 11 heteroatoms.